The molecule has 0 aliphatic rings. The summed E-state index contributed by atoms with van der Waals surface area (Å²) in [5.41, 5.74) is 7.62. The number of carbonyl (C=O) groups is 1. The van der Waals surface area contributed by atoms with E-state index in [1.54, 1.807) is 11.6 Å². The van der Waals surface area contributed by atoms with Gasteiger partial charge >= 0.3 is 0 Å². The van der Waals surface area contributed by atoms with E-state index < -0.39 is 5.82 Å². The van der Waals surface area contributed by atoms with E-state index in [4.69, 9.17) is 5.73 Å². The molecular formula is C13H14BrFN4O. The molecule has 5 nitrogen and oxygen atoms in total. The Balaban J connectivity index is 2.30. The summed E-state index contributed by atoms with van der Waals surface area (Å²) in [5, 5.41) is 6.86. The van der Waals surface area contributed by atoms with Gasteiger partial charge in [-0.3, -0.25) is 9.48 Å². The van der Waals surface area contributed by atoms with Gasteiger partial charge in [0.25, 0.3) is 5.91 Å². The van der Waals surface area contributed by atoms with Gasteiger partial charge in [0, 0.05) is 12.2 Å². The molecule has 0 bridgehead atoms. The molecule has 106 valence electrons. The number of nitrogens with one attached hydrogen (secondary N) is 1. The predicted octanol–water partition coefficient (Wildman–Crippen LogP) is 2.95. The summed E-state index contributed by atoms with van der Waals surface area (Å²) in [6.45, 7) is 4.15. The number of nitrogen functional groups attached to an aromatic ring is 1. The lowest BCUT2D eigenvalue weighted by Gasteiger charge is -2.08. The van der Waals surface area contributed by atoms with Crippen molar-refractivity contribution in [3.63, 3.8) is 0 Å². The third-order valence-corrected chi connectivity index (χ3v) is 3.47. The Morgan fingerprint density at radius 1 is 1.55 bits per heavy atom. The number of aryl methyl sites for hydroxylation is 2. The first-order valence-electron chi connectivity index (χ1n) is 6.03. The first-order chi connectivity index (χ1) is 9.43. The zero-order valence-electron chi connectivity index (χ0n) is 11.1. The molecule has 1 amide bonds. The van der Waals surface area contributed by atoms with E-state index in [0.29, 0.717) is 29.3 Å². The monoisotopic (exact) mass is 340 g/mol. The number of nitrogens with two attached hydrogens (primary N) is 1. The molecule has 2 rings (SSSR count). The fraction of sp³-hybridized carbons (Fsp3) is 0.231. The van der Waals surface area contributed by atoms with Crippen LogP contribution in [0.5, 0.6) is 0 Å². The highest BCUT2D eigenvalue weighted by molar-refractivity contribution is 9.10. The van der Waals surface area contributed by atoms with Gasteiger partial charge in [-0.05, 0) is 48.0 Å². The highest BCUT2D eigenvalue weighted by atomic mass is 79.9. The minimum atomic E-state index is -0.392. The Bertz CT molecular complexity index is 669. The molecule has 0 aliphatic heterocycles. The first-order valence-corrected chi connectivity index (χ1v) is 6.82. The van der Waals surface area contributed by atoms with Gasteiger partial charge in [0.2, 0.25) is 0 Å². The van der Waals surface area contributed by atoms with Crippen molar-refractivity contribution >= 4 is 33.2 Å². The average Bonchev–Trinajstić information content (AvgIpc) is 2.69. The highest BCUT2D eigenvalue weighted by Crippen LogP contribution is 2.22. The van der Waals surface area contributed by atoms with Gasteiger partial charge < -0.3 is 11.1 Å². The lowest BCUT2D eigenvalue weighted by atomic mass is 10.2. The van der Waals surface area contributed by atoms with E-state index in [9.17, 15) is 9.18 Å². The van der Waals surface area contributed by atoms with Crippen LogP contribution in [-0.4, -0.2) is 15.7 Å². The van der Waals surface area contributed by atoms with Crippen molar-refractivity contribution in [1.29, 1.82) is 0 Å². The molecule has 20 heavy (non-hydrogen) atoms. The Hall–Kier alpha value is -1.89. The Morgan fingerprint density at radius 3 is 2.85 bits per heavy atom. The van der Waals surface area contributed by atoms with Crippen molar-refractivity contribution < 1.29 is 9.18 Å². The number of aromatic nitrogens is 2. The molecule has 0 spiro atoms. The predicted molar refractivity (Wildman–Crippen MR) is 79.1 cm³/mol. The normalized spacial score (nSPS) is 10.6. The van der Waals surface area contributed by atoms with Crippen LogP contribution in [-0.2, 0) is 6.54 Å². The Morgan fingerprint density at radius 2 is 2.25 bits per heavy atom. The zero-order valence-corrected chi connectivity index (χ0v) is 12.7. The first kappa shape index (κ1) is 14.5. The Kier molecular flexibility index (Phi) is 4.08. The van der Waals surface area contributed by atoms with Crippen LogP contribution in [0.3, 0.4) is 0 Å². The maximum Gasteiger partial charge on any atom is 0.276 e. The molecular weight excluding hydrogens is 327 g/mol. The second-order valence-electron chi connectivity index (χ2n) is 4.25. The number of carbonyl (C=O) groups excluding carboxylic acids is 1. The van der Waals surface area contributed by atoms with Gasteiger partial charge in [0.05, 0.1) is 15.9 Å². The molecule has 2 aromatic rings. The van der Waals surface area contributed by atoms with E-state index in [-0.39, 0.29) is 10.4 Å². The summed E-state index contributed by atoms with van der Waals surface area (Å²) in [5.74, 6) is -0.764. The molecule has 0 fully saturated rings. The van der Waals surface area contributed by atoms with E-state index >= 15 is 0 Å². The third-order valence-electron chi connectivity index (χ3n) is 2.87. The third kappa shape index (κ3) is 2.67. The van der Waals surface area contributed by atoms with Crippen LogP contribution in [0.25, 0.3) is 0 Å². The summed E-state index contributed by atoms with van der Waals surface area (Å²) in [7, 11) is 0. The van der Waals surface area contributed by atoms with E-state index in [0.717, 1.165) is 0 Å². The number of rotatable bonds is 3. The minimum absolute atomic E-state index is 0.281. The number of hydrogen-bond donors (Lipinski definition) is 2. The Labute approximate surface area is 124 Å². The number of anilines is 2. The van der Waals surface area contributed by atoms with Crippen LogP contribution in [0, 0.1) is 12.7 Å². The van der Waals surface area contributed by atoms with Gasteiger partial charge in [-0.1, -0.05) is 0 Å². The van der Waals surface area contributed by atoms with Crippen molar-refractivity contribution in [2.75, 3.05) is 11.1 Å². The van der Waals surface area contributed by atoms with Gasteiger partial charge in [-0.25, -0.2) is 4.39 Å². The molecule has 0 unspecified atom stereocenters. The van der Waals surface area contributed by atoms with Crippen molar-refractivity contribution in [2.45, 2.75) is 20.4 Å². The van der Waals surface area contributed by atoms with Crippen LogP contribution in [0.2, 0.25) is 0 Å². The summed E-state index contributed by atoms with van der Waals surface area (Å²) >= 11 is 3.07. The van der Waals surface area contributed by atoms with E-state index in [2.05, 4.69) is 26.3 Å². The molecule has 0 saturated carbocycles. The standard InChI is InChI=1S/C13H14BrFN4O/c1-3-19-12(11(16)7(2)18-19)13(20)17-8-4-5-10(15)9(14)6-8/h4-6H,3,16H2,1-2H3,(H,17,20). The molecule has 0 saturated heterocycles. The maximum absolute atomic E-state index is 13.2. The average molecular weight is 341 g/mol. The van der Waals surface area contributed by atoms with E-state index in [1.165, 1.54) is 18.2 Å². The lowest BCUT2D eigenvalue weighted by molar-refractivity contribution is 0.101. The zero-order chi connectivity index (χ0) is 14.9. The molecule has 0 radical (unpaired) electrons. The number of amides is 1. The van der Waals surface area contributed by atoms with Crippen LogP contribution in [0.15, 0.2) is 22.7 Å². The van der Waals surface area contributed by atoms with E-state index in [1.807, 2.05) is 6.92 Å². The molecule has 1 aromatic heterocycles. The largest absolute Gasteiger partial charge is 0.395 e. The second-order valence-corrected chi connectivity index (χ2v) is 5.10. The van der Waals surface area contributed by atoms with Crippen molar-refractivity contribution in [1.82, 2.24) is 9.78 Å². The summed E-state index contributed by atoms with van der Waals surface area (Å²) in [4.78, 5) is 12.3. The number of hydrogen-bond acceptors (Lipinski definition) is 3. The number of nitrogens with zero attached hydrogens (tertiary/aromatic N) is 2. The maximum atomic E-state index is 13.2. The van der Waals surface area contributed by atoms with Crippen LogP contribution < -0.4 is 11.1 Å². The summed E-state index contributed by atoms with van der Waals surface area (Å²) in [6.07, 6.45) is 0. The SMILES string of the molecule is CCn1nc(C)c(N)c1C(=O)Nc1ccc(F)c(Br)c1. The lowest BCUT2D eigenvalue weighted by Crippen LogP contribution is -2.18. The van der Waals surface area contributed by atoms with Crippen molar-refractivity contribution in [2.24, 2.45) is 0 Å². The number of benzene rings is 1. The minimum Gasteiger partial charge on any atom is -0.395 e. The van der Waals surface area contributed by atoms with Gasteiger partial charge in [-0.15, -0.1) is 0 Å². The van der Waals surface area contributed by atoms with Crippen molar-refractivity contribution in [3.8, 4) is 0 Å². The van der Waals surface area contributed by atoms with Crippen molar-refractivity contribution in [3.05, 3.63) is 39.9 Å². The molecule has 1 heterocycles. The second kappa shape index (κ2) is 5.62. The molecule has 0 atom stereocenters. The highest BCUT2D eigenvalue weighted by Gasteiger charge is 2.19. The molecule has 0 aliphatic carbocycles. The smallest absolute Gasteiger partial charge is 0.276 e. The van der Waals surface area contributed by atoms with Gasteiger partial charge in [0.1, 0.15) is 11.5 Å². The summed E-state index contributed by atoms with van der Waals surface area (Å²) in [6, 6.07) is 4.24. The van der Waals surface area contributed by atoms with Crippen LogP contribution >= 0.6 is 15.9 Å². The molecule has 3 N–H and O–H groups in total. The van der Waals surface area contributed by atoms with Crippen LogP contribution in [0.1, 0.15) is 23.1 Å². The fourth-order valence-electron chi connectivity index (χ4n) is 1.83. The quantitative estimate of drug-likeness (QED) is 0.902. The topological polar surface area (TPSA) is 72.9 Å². The molecule has 7 heteroatoms. The fourth-order valence-corrected chi connectivity index (χ4v) is 2.21. The molecule has 1 aromatic carbocycles. The number of halogens is 2. The van der Waals surface area contributed by atoms with Gasteiger partial charge in [0.15, 0.2) is 0 Å². The van der Waals surface area contributed by atoms with Crippen LogP contribution in [0.4, 0.5) is 15.8 Å². The summed E-state index contributed by atoms with van der Waals surface area (Å²) < 4.78 is 15.0. The van der Waals surface area contributed by atoms with Gasteiger partial charge in [-0.2, -0.15) is 5.10 Å².